The number of rotatable bonds is 8. The SMILES string of the molecule is C.C=C/C(=C(/CN1CCC2=C([C@H]1C1=CC3C=CC=C(F)C3=C1)N(C)CC2C)OCC1=CC=CC=CC1)C(C)F.C=O. The summed E-state index contributed by atoms with van der Waals surface area (Å²) in [6, 6.07) is -0.0458. The summed E-state index contributed by atoms with van der Waals surface area (Å²) in [7, 11) is 2.15. The Bertz CT molecular complexity index is 1270. The van der Waals surface area contributed by atoms with Crippen LogP contribution in [-0.4, -0.2) is 62.1 Å². The molecular weight excluding hydrogens is 518 g/mol. The number of hydrogen-bond donors (Lipinski definition) is 0. The van der Waals surface area contributed by atoms with Gasteiger partial charge in [-0.2, -0.15) is 0 Å². The number of ether oxygens (including phenoxy) is 1. The molecule has 2 aliphatic heterocycles. The van der Waals surface area contributed by atoms with Crippen molar-refractivity contribution in [2.45, 2.75) is 46.3 Å². The third kappa shape index (κ3) is 6.87. The summed E-state index contributed by atoms with van der Waals surface area (Å²) in [6.07, 6.45) is 21.9. The van der Waals surface area contributed by atoms with Crippen molar-refractivity contribution in [2.75, 3.05) is 33.3 Å². The van der Waals surface area contributed by atoms with Gasteiger partial charge in [0.05, 0.1) is 12.6 Å². The number of nitrogens with zero attached hydrogens (tertiary/aromatic N) is 2. The number of carbonyl (C=O) groups is 1. The molecule has 5 aliphatic rings. The van der Waals surface area contributed by atoms with Gasteiger partial charge in [-0.3, -0.25) is 4.90 Å². The molecule has 5 rings (SSSR count). The van der Waals surface area contributed by atoms with Gasteiger partial charge in [0.2, 0.25) is 0 Å². The van der Waals surface area contributed by atoms with Crippen molar-refractivity contribution in [1.82, 2.24) is 9.80 Å². The Hall–Kier alpha value is -3.51. The molecule has 3 aliphatic carbocycles. The van der Waals surface area contributed by atoms with E-state index in [0.717, 1.165) is 42.7 Å². The molecule has 0 saturated heterocycles. The third-order valence-electron chi connectivity index (χ3n) is 8.20. The van der Waals surface area contributed by atoms with E-state index in [9.17, 15) is 8.78 Å². The smallest absolute Gasteiger partial charge is 0.127 e. The first-order chi connectivity index (χ1) is 19.4. The molecule has 2 heterocycles. The van der Waals surface area contributed by atoms with Crippen LogP contribution in [0.25, 0.3) is 0 Å². The molecule has 0 N–H and O–H groups in total. The van der Waals surface area contributed by atoms with E-state index in [2.05, 4.69) is 48.6 Å². The zero-order valence-corrected chi connectivity index (χ0v) is 23.8. The molecular formula is C35H44F2N2O2. The standard InChI is InChI=1S/C33H38F2N2O.CH2O.CH4/c1-5-27(23(3)34)31(38-21-24-11-8-6-7-9-12-24)20-37-16-15-28-22(2)19-36(4)33(28)32(37)26-17-25-13-10-14-30(35)29(25)18-26;1-2;/h5-11,13-14,17-18,22-23,25,32H,1,12,15-16,19-21H2,2-4H3;1H2;1H4/b31-27+;;/t22?,23?,25?,32-;;/m1../s1. The molecule has 0 spiro atoms. The molecule has 0 radical (unpaired) electrons. The Balaban J connectivity index is 0.00000151. The summed E-state index contributed by atoms with van der Waals surface area (Å²) in [5, 5.41) is 0. The van der Waals surface area contributed by atoms with Gasteiger partial charge in [0, 0.05) is 37.3 Å². The van der Waals surface area contributed by atoms with Gasteiger partial charge < -0.3 is 14.4 Å². The lowest BCUT2D eigenvalue weighted by Gasteiger charge is -2.40. The van der Waals surface area contributed by atoms with Crippen molar-refractivity contribution in [2.24, 2.45) is 11.8 Å². The molecule has 0 aromatic heterocycles. The predicted octanol–water partition coefficient (Wildman–Crippen LogP) is 7.51. The monoisotopic (exact) mass is 562 g/mol. The number of alkyl halides is 1. The number of fused-ring (bicyclic) bond motifs is 1. The van der Waals surface area contributed by atoms with Crippen LogP contribution in [0.5, 0.6) is 0 Å². The summed E-state index contributed by atoms with van der Waals surface area (Å²) in [4.78, 5) is 12.7. The molecule has 4 nitrogen and oxygen atoms in total. The summed E-state index contributed by atoms with van der Waals surface area (Å²) < 4.78 is 35.9. The highest BCUT2D eigenvalue weighted by atomic mass is 19.1. The Morgan fingerprint density at radius 3 is 2.71 bits per heavy atom. The summed E-state index contributed by atoms with van der Waals surface area (Å²) in [5.41, 5.74) is 6.22. The molecule has 0 fully saturated rings. The van der Waals surface area contributed by atoms with Gasteiger partial charge >= 0.3 is 0 Å². The Labute approximate surface area is 244 Å². The van der Waals surface area contributed by atoms with Gasteiger partial charge in [-0.05, 0) is 54.1 Å². The van der Waals surface area contributed by atoms with E-state index < -0.39 is 6.17 Å². The zero-order valence-electron chi connectivity index (χ0n) is 23.8. The van der Waals surface area contributed by atoms with E-state index in [1.165, 1.54) is 24.3 Å². The number of likely N-dealkylation sites (N-methyl/N-ethyl adjacent to an activating group) is 1. The van der Waals surface area contributed by atoms with E-state index >= 15 is 0 Å². The maximum atomic E-state index is 14.8. The van der Waals surface area contributed by atoms with Crippen LogP contribution in [0.3, 0.4) is 0 Å². The summed E-state index contributed by atoms with van der Waals surface area (Å²) in [5.74, 6) is 0.885. The van der Waals surface area contributed by atoms with E-state index in [1.54, 1.807) is 12.2 Å². The number of allylic oxidation sites excluding steroid dienone is 13. The van der Waals surface area contributed by atoms with Crippen LogP contribution >= 0.6 is 0 Å². The highest BCUT2D eigenvalue weighted by molar-refractivity contribution is 5.54. The molecule has 0 amide bonds. The lowest BCUT2D eigenvalue weighted by molar-refractivity contribution is -0.0980. The van der Waals surface area contributed by atoms with Crippen LogP contribution in [0.15, 0.2) is 119 Å². The van der Waals surface area contributed by atoms with Crippen LogP contribution in [0.1, 0.15) is 34.1 Å². The van der Waals surface area contributed by atoms with E-state index in [-0.39, 0.29) is 25.2 Å². The fraction of sp³-hybridized carbons (Fsp3) is 0.400. The number of hydrogen-bond acceptors (Lipinski definition) is 4. The second kappa shape index (κ2) is 14.4. The number of halogens is 2. The Morgan fingerprint density at radius 1 is 1.22 bits per heavy atom. The van der Waals surface area contributed by atoms with Gasteiger partial charge in [0.15, 0.2) is 0 Å². The molecule has 6 heteroatoms. The van der Waals surface area contributed by atoms with Crippen LogP contribution in [0, 0.1) is 11.8 Å². The maximum absolute atomic E-state index is 14.8. The van der Waals surface area contributed by atoms with Crippen molar-refractivity contribution < 1.29 is 18.3 Å². The normalized spacial score (nSPS) is 26.2. The van der Waals surface area contributed by atoms with Crippen molar-refractivity contribution in [3.63, 3.8) is 0 Å². The van der Waals surface area contributed by atoms with Crippen molar-refractivity contribution >= 4 is 6.79 Å². The fourth-order valence-corrected chi connectivity index (χ4v) is 6.33. The van der Waals surface area contributed by atoms with E-state index in [0.29, 0.717) is 30.4 Å². The second-order valence-corrected chi connectivity index (χ2v) is 10.8. The van der Waals surface area contributed by atoms with E-state index in [1.807, 2.05) is 37.2 Å². The minimum Gasteiger partial charge on any atom is -0.492 e. The van der Waals surface area contributed by atoms with Crippen LogP contribution in [-0.2, 0) is 9.53 Å². The molecule has 4 atom stereocenters. The summed E-state index contributed by atoms with van der Waals surface area (Å²) in [6.45, 7) is 12.4. The fourth-order valence-electron chi connectivity index (χ4n) is 6.33. The van der Waals surface area contributed by atoms with Crippen LogP contribution in [0.2, 0.25) is 0 Å². The van der Waals surface area contributed by atoms with Crippen LogP contribution < -0.4 is 0 Å². The average Bonchev–Trinajstić information content (AvgIpc) is 3.38. The minimum atomic E-state index is -1.20. The largest absolute Gasteiger partial charge is 0.492 e. The quantitative estimate of drug-likeness (QED) is 0.226. The second-order valence-electron chi connectivity index (χ2n) is 10.8. The molecule has 0 saturated carbocycles. The molecule has 0 bridgehead atoms. The van der Waals surface area contributed by atoms with Gasteiger partial charge in [-0.25, -0.2) is 8.78 Å². The number of carbonyl (C=O) groups excluding carboxylic acids is 1. The van der Waals surface area contributed by atoms with E-state index in [4.69, 9.17) is 9.53 Å². The first kappa shape index (κ1) is 32.0. The lowest BCUT2D eigenvalue weighted by atomic mass is 9.89. The minimum absolute atomic E-state index is 0. The van der Waals surface area contributed by atoms with Crippen molar-refractivity contribution in [1.29, 1.82) is 0 Å². The van der Waals surface area contributed by atoms with Crippen molar-refractivity contribution in [3.05, 3.63) is 119 Å². The zero-order chi connectivity index (χ0) is 28.8. The first-order valence-corrected chi connectivity index (χ1v) is 14.0. The van der Waals surface area contributed by atoms with Gasteiger partial charge in [0.1, 0.15) is 31.2 Å². The average molecular weight is 563 g/mol. The van der Waals surface area contributed by atoms with Gasteiger partial charge in [-0.1, -0.05) is 81.7 Å². The lowest BCUT2D eigenvalue weighted by Crippen LogP contribution is -2.45. The first-order valence-electron chi connectivity index (χ1n) is 14.0. The predicted molar refractivity (Wildman–Crippen MR) is 165 cm³/mol. The molecule has 220 valence electrons. The van der Waals surface area contributed by atoms with Gasteiger partial charge in [0.25, 0.3) is 0 Å². The third-order valence-corrected chi connectivity index (χ3v) is 8.20. The van der Waals surface area contributed by atoms with Crippen LogP contribution in [0.4, 0.5) is 8.78 Å². The molecule has 3 unspecified atom stereocenters. The molecule has 0 aromatic carbocycles. The van der Waals surface area contributed by atoms with Crippen molar-refractivity contribution in [3.8, 4) is 0 Å². The highest BCUT2D eigenvalue weighted by Crippen LogP contribution is 2.44. The highest BCUT2D eigenvalue weighted by Gasteiger charge is 2.41. The Morgan fingerprint density at radius 2 is 2.00 bits per heavy atom. The maximum Gasteiger partial charge on any atom is 0.127 e. The summed E-state index contributed by atoms with van der Waals surface area (Å²) >= 11 is 0. The van der Waals surface area contributed by atoms with Gasteiger partial charge in [-0.15, -0.1) is 0 Å². The Kier molecular flexibility index (Phi) is 11.2. The molecule has 41 heavy (non-hydrogen) atoms. The topological polar surface area (TPSA) is 32.8 Å². The molecule has 0 aromatic rings.